The van der Waals surface area contributed by atoms with E-state index in [4.69, 9.17) is 4.74 Å². The Balaban J connectivity index is 1.67. The van der Waals surface area contributed by atoms with Gasteiger partial charge >= 0.3 is 0 Å². The van der Waals surface area contributed by atoms with Gasteiger partial charge in [0.05, 0.1) is 6.07 Å². The Morgan fingerprint density at radius 1 is 1.22 bits per heavy atom. The van der Waals surface area contributed by atoms with Crippen molar-refractivity contribution in [1.29, 1.82) is 5.26 Å². The molecule has 0 aromatic heterocycles. The summed E-state index contributed by atoms with van der Waals surface area (Å²) in [7, 11) is 0. The van der Waals surface area contributed by atoms with Gasteiger partial charge in [0.25, 0.3) is 0 Å². The summed E-state index contributed by atoms with van der Waals surface area (Å²) < 4.78 is 5.81. The average Bonchev–Trinajstić information content (AvgIpc) is 3.28. The first kappa shape index (κ1) is 11.6. The number of benzene rings is 1. The van der Waals surface area contributed by atoms with Crippen molar-refractivity contribution in [1.82, 2.24) is 5.32 Å². The van der Waals surface area contributed by atoms with E-state index in [2.05, 4.69) is 11.4 Å². The maximum atomic E-state index is 9.55. The molecular weight excluding hydrogens is 224 g/mol. The van der Waals surface area contributed by atoms with Crippen LogP contribution in [0, 0.1) is 17.2 Å². The molecule has 18 heavy (non-hydrogen) atoms. The lowest BCUT2D eigenvalue weighted by Gasteiger charge is -2.28. The van der Waals surface area contributed by atoms with Crippen LogP contribution in [0.2, 0.25) is 0 Å². The normalized spacial score (nSPS) is 21.9. The number of rotatable bonds is 6. The fraction of sp³-hybridized carbons (Fsp3) is 0.533. The van der Waals surface area contributed by atoms with Gasteiger partial charge in [-0.1, -0.05) is 18.2 Å². The third-order valence-corrected chi connectivity index (χ3v) is 3.72. The Morgan fingerprint density at radius 2 is 1.94 bits per heavy atom. The SMILES string of the molecule is N#CC(COc1ccccc1)(NC1CC1)C1CC1. The van der Waals surface area contributed by atoms with Crippen molar-refractivity contribution < 1.29 is 4.74 Å². The number of hydrogen-bond acceptors (Lipinski definition) is 3. The van der Waals surface area contributed by atoms with E-state index in [1.54, 1.807) is 0 Å². The molecule has 0 amide bonds. The van der Waals surface area contributed by atoms with E-state index in [1.807, 2.05) is 30.3 Å². The van der Waals surface area contributed by atoms with Crippen LogP contribution >= 0.6 is 0 Å². The van der Waals surface area contributed by atoms with Gasteiger partial charge < -0.3 is 4.74 Å². The number of hydrogen-bond donors (Lipinski definition) is 1. The molecule has 1 aromatic carbocycles. The second kappa shape index (κ2) is 4.62. The van der Waals surface area contributed by atoms with Crippen LogP contribution in [0.5, 0.6) is 5.75 Å². The van der Waals surface area contributed by atoms with E-state index < -0.39 is 5.54 Å². The molecule has 1 aromatic rings. The number of nitrogens with zero attached hydrogens (tertiary/aromatic N) is 1. The summed E-state index contributed by atoms with van der Waals surface area (Å²) >= 11 is 0. The molecule has 0 radical (unpaired) electrons. The van der Waals surface area contributed by atoms with Crippen LogP contribution in [0.1, 0.15) is 25.7 Å². The molecule has 0 saturated heterocycles. The van der Waals surface area contributed by atoms with Crippen molar-refractivity contribution in [2.75, 3.05) is 6.61 Å². The van der Waals surface area contributed by atoms with Crippen LogP contribution in [-0.4, -0.2) is 18.2 Å². The van der Waals surface area contributed by atoms with Gasteiger partial charge in [-0.2, -0.15) is 5.26 Å². The third-order valence-electron chi connectivity index (χ3n) is 3.72. The van der Waals surface area contributed by atoms with Gasteiger partial charge in [-0.05, 0) is 43.7 Å². The fourth-order valence-electron chi connectivity index (χ4n) is 2.32. The van der Waals surface area contributed by atoms with Gasteiger partial charge in [0.15, 0.2) is 0 Å². The summed E-state index contributed by atoms with van der Waals surface area (Å²) in [6.45, 7) is 0.453. The Labute approximate surface area is 108 Å². The highest BCUT2D eigenvalue weighted by molar-refractivity contribution is 5.23. The predicted octanol–water partition coefficient (Wildman–Crippen LogP) is 2.49. The summed E-state index contributed by atoms with van der Waals surface area (Å²) in [5, 5.41) is 13.0. The van der Waals surface area contributed by atoms with Gasteiger partial charge in [-0.15, -0.1) is 0 Å². The van der Waals surface area contributed by atoms with Crippen molar-refractivity contribution in [3.63, 3.8) is 0 Å². The summed E-state index contributed by atoms with van der Waals surface area (Å²) in [5.74, 6) is 1.31. The van der Waals surface area contributed by atoms with Crippen molar-refractivity contribution in [2.24, 2.45) is 5.92 Å². The molecule has 3 rings (SSSR count). The van der Waals surface area contributed by atoms with E-state index in [9.17, 15) is 5.26 Å². The molecule has 2 saturated carbocycles. The smallest absolute Gasteiger partial charge is 0.144 e. The first-order chi connectivity index (χ1) is 8.82. The highest BCUT2D eigenvalue weighted by Gasteiger charge is 2.49. The lowest BCUT2D eigenvalue weighted by atomic mass is 9.96. The molecule has 1 N–H and O–H groups in total. The van der Waals surface area contributed by atoms with Gasteiger partial charge in [0.1, 0.15) is 17.9 Å². The molecule has 1 atom stereocenters. The largest absolute Gasteiger partial charge is 0.491 e. The number of nitrogens with one attached hydrogen (secondary N) is 1. The highest BCUT2D eigenvalue weighted by Crippen LogP contribution is 2.41. The van der Waals surface area contributed by atoms with Gasteiger partial charge in [0, 0.05) is 6.04 Å². The minimum absolute atomic E-state index is 0.453. The molecule has 2 fully saturated rings. The summed E-state index contributed by atoms with van der Waals surface area (Å²) in [6, 6.07) is 12.8. The molecule has 0 aliphatic heterocycles. The van der Waals surface area contributed by atoms with Gasteiger partial charge in [0.2, 0.25) is 0 Å². The number of nitriles is 1. The second-order valence-corrected chi connectivity index (χ2v) is 5.38. The lowest BCUT2D eigenvalue weighted by Crippen LogP contribution is -2.52. The number of ether oxygens (including phenoxy) is 1. The van der Waals surface area contributed by atoms with Gasteiger partial charge in [-0.3, -0.25) is 5.32 Å². The minimum atomic E-state index is -0.475. The zero-order valence-corrected chi connectivity index (χ0v) is 10.4. The van der Waals surface area contributed by atoms with E-state index in [1.165, 1.54) is 12.8 Å². The fourth-order valence-corrected chi connectivity index (χ4v) is 2.32. The van der Waals surface area contributed by atoms with Crippen molar-refractivity contribution >= 4 is 0 Å². The topological polar surface area (TPSA) is 45.0 Å². The average molecular weight is 242 g/mol. The van der Waals surface area contributed by atoms with E-state index in [0.29, 0.717) is 18.6 Å². The van der Waals surface area contributed by atoms with Crippen LogP contribution in [0.15, 0.2) is 30.3 Å². The van der Waals surface area contributed by atoms with Crippen molar-refractivity contribution in [3.8, 4) is 11.8 Å². The van der Waals surface area contributed by atoms with Crippen molar-refractivity contribution in [3.05, 3.63) is 30.3 Å². The van der Waals surface area contributed by atoms with E-state index in [-0.39, 0.29) is 0 Å². The zero-order valence-electron chi connectivity index (χ0n) is 10.4. The molecule has 2 aliphatic rings. The zero-order chi connectivity index (χ0) is 12.4. The Kier molecular flexibility index (Phi) is 2.97. The van der Waals surface area contributed by atoms with Crippen LogP contribution in [0.4, 0.5) is 0 Å². The maximum absolute atomic E-state index is 9.55. The molecule has 94 valence electrons. The van der Waals surface area contributed by atoms with Gasteiger partial charge in [-0.25, -0.2) is 0 Å². The standard InChI is InChI=1S/C15H18N2O/c16-10-15(12-6-7-12,17-13-8-9-13)11-18-14-4-2-1-3-5-14/h1-5,12-13,17H,6-9,11H2. The lowest BCUT2D eigenvalue weighted by molar-refractivity contribution is 0.200. The van der Waals surface area contributed by atoms with Crippen LogP contribution in [0.3, 0.4) is 0 Å². The number of para-hydroxylation sites is 1. The summed E-state index contributed by atoms with van der Waals surface area (Å²) in [4.78, 5) is 0. The Hall–Kier alpha value is -1.53. The summed E-state index contributed by atoms with van der Waals surface area (Å²) in [6.07, 6.45) is 4.68. The molecule has 1 unspecified atom stereocenters. The molecule has 0 heterocycles. The molecule has 0 bridgehead atoms. The third kappa shape index (κ3) is 2.49. The Morgan fingerprint density at radius 3 is 2.50 bits per heavy atom. The van der Waals surface area contributed by atoms with Crippen LogP contribution in [0.25, 0.3) is 0 Å². The van der Waals surface area contributed by atoms with E-state index in [0.717, 1.165) is 18.6 Å². The van der Waals surface area contributed by atoms with Crippen molar-refractivity contribution in [2.45, 2.75) is 37.3 Å². The summed E-state index contributed by atoms with van der Waals surface area (Å²) in [5.41, 5.74) is -0.475. The first-order valence-electron chi connectivity index (χ1n) is 6.69. The molecule has 2 aliphatic carbocycles. The Bertz CT molecular complexity index is 445. The van der Waals surface area contributed by atoms with Crippen LogP contribution in [-0.2, 0) is 0 Å². The molecule has 3 heteroatoms. The monoisotopic (exact) mass is 242 g/mol. The predicted molar refractivity (Wildman–Crippen MR) is 69.2 cm³/mol. The molecular formula is C15H18N2O. The minimum Gasteiger partial charge on any atom is -0.491 e. The quantitative estimate of drug-likeness (QED) is 0.833. The van der Waals surface area contributed by atoms with Crippen LogP contribution < -0.4 is 10.1 Å². The second-order valence-electron chi connectivity index (χ2n) is 5.38. The maximum Gasteiger partial charge on any atom is 0.144 e. The molecule has 3 nitrogen and oxygen atoms in total. The van der Waals surface area contributed by atoms with E-state index >= 15 is 0 Å². The molecule has 0 spiro atoms. The highest BCUT2D eigenvalue weighted by atomic mass is 16.5. The first-order valence-corrected chi connectivity index (χ1v) is 6.69.